The summed E-state index contributed by atoms with van der Waals surface area (Å²) in [5, 5.41) is 0. The Bertz CT molecular complexity index is 1690. The third-order valence-electron chi connectivity index (χ3n) is 6.37. The van der Waals surface area contributed by atoms with Crippen molar-refractivity contribution in [1.29, 1.82) is 0 Å². The molecule has 0 fully saturated rings. The summed E-state index contributed by atoms with van der Waals surface area (Å²) in [5.74, 6) is -0.144. The number of benzene rings is 2. The summed E-state index contributed by atoms with van der Waals surface area (Å²) in [4.78, 5) is 35.4. The number of sulfonamides is 1. The Balaban J connectivity index is 1.24. The lowest BCUT2D eigenvalue weighted by Crippen LogP contribution is -2.40. The number of aromatic nitrogens is 2. The molecule has 41 heavy (non-hydrogen) atoms. The first-order valence-corrected chi connectivity index (χ1v) is 14.5. The standard InChI is InChI=1S/C31H30N4O5S/c1-20-9-14-28(41(38,39)34-31(2,3)4)26(15-20)27-13-10-21(16-33-27)19-40-23-12-11-22(32-17-23)18-35-29(36)24-7-5-6-8-25(24)30(35)37/h5-17,34H,18-19H2,1-4H3. The van der Waals surface area contributed by atoms with Crippen molar-refractivity contribution in [2.45, 2.75) is 51.3 Å². The molecule has 2 aromatic carbocycles. The van der Waals surface area contributed by atoms with Crippen LogP contribution in [-0.4, -0.2) is 40.6 Å². The van der Waals surface area contributed by atoms with E-state index in [-0.39, 0.29) is 29.9 Å². The van der Waals surface area contributed by atoms with Crippen molar-refractivity contribution >= 4 is 21.8 Å². The molecule has 10 heteroatoms. The average Bonchev–Trinajstić information content (AvgIpc) is 3.16. The Morgan fingerprint density at radius 1 is 0.854 bits per heavy atom. The van der Waals surface area contributed by atoms with Crippen molar-refractivity contribution < 1.29 is 22.7 Å². The van der Waals surface area contributed by atoms with Crippen LogP contribution in [0.1, 0.15) is 58.3 Å². The molecule has 1 aliphatic heterocycles. The fraction of sp³-hybridized carbons (Fsp3) is 0.226. The van der Waals surface area contributed by atoms with Gasteiger partial charge in [0.2, 0.25) is 10.0 Å². The van der Waals surface area contributed by atoms with Crippen molar-refractivity contribution in [1.82, 2.24) is 19.6 Å². The lowest BCUT2D eigenvalue weighted by molar-refractivity contribution is 0.0640. The van der Waals surface area contributed by atoms with Crippen molar-refractivity contribution in [2.75, 3.05) is 0 Å². The van der Waals surface area contributed by atoms with E-state index in [1.54, 1.807) is 87.8 Å². The number of rotatable bonds is 8. The van der Waals surface area contributed by atoms with E-state index >= 15 is 0 Å². The number of hydrogen-bond acceptors (Lipinski definition) is 7. The summed E-state index contributed by atoms with van der Waals surface area (Å²) < 4.78 is 34.7. The molecule has 0 aliphatic carbocycles. The van der Waals surface area contributed by atoms with Gasteiger partial charge in [-0.15, -0.1) is 0 Å². The molecule has 0 atom stereocenters. The smallest absolute Gasteiger partial charge is 0.261 e. The van der Waals surface area contributed by atoms with Crippen LogP contribution in [0, 0.1) is 6.92 Å². The van der Waals surface area contributed by atoms with E-state index in [0.717, 1.165) is 11.1 Å². The Kier molecular flexibility index (Phi) is 7.46. The van der Waals surface area contributed by atoms with Gasteiger partial charge in [0.15, 0.2) is 0 Å². The van der Waals surface area contributed by atoms with Gasteiger partial charge >= 0.3 is 0 Å². The minimum atomic E-state index is -3.76. The molecule has 0 saturated heterocycles. The van der Waals surface area contributed by atoms with Crippen molar-refractivity contribution in [3.8, 4) is 17.0 Å². The molecule has 0 radical (unpaired) electrons. The summed E-state index contributed by atoms with van der Waals surface area (Å²) in [7, 11) is -3.76. The second-order valence-corrected chi connectivity index (χ2v) is 12.6. The average molecular weight is 571 g/mol. The number of amides is 2. The van der Waals surface area contributed by atoms with E-state index in [0.29, 0.717) is 33.8 Å². The van der Waals surface area contributed by atoms with Crippen LogP contribution in [0.15, 0.2) is 84.0 Å². The van der Waals surface area contributed by atoms with Gasteiger partial charge in [0.1, 0.15) is 12.4 Å². The Labute approximate surface area is 239 Å². The number of pyridine rings is 2. The molecule has 0 spiro atoms. The van der Waals surface area contributed by atoms with E-state index in [4.69, 9.17) is 4.74 Å². The third-order valence-corrected chi connectivity index (χ3v) is 8.18. The van der Waals surface area contributed by atoms with E-state index in [1.807, 2.05) is 19.1 Å². The van der Waals surface area contributed by atoms with Crippen LogP contribution in [0.2, 0.25) is 0 Å². The highest BCUT2D eigenvalue weighted by Crippen LogP contribution is 2.29. The van der Waals surface area contributed by atoms with Crippen LogP contribution in [-0.2, 0) is 23.2 Å². The van der Waals surface area contributed by atoms with Gasteiger partial charge in [-0.2, -0.15) is 0 Å². The van der Waals surface area contributed by atoms with Crippen LogP contribution in [0.4, 0.5) is 0 Å². The molecule has 0 bridgehead atoms. The van der Waals surface area contributed by atoms with Gasteiger partial charge in [-0.1, -0.05) is 29.8 Å². The summed E-state index contributed by atoms with van der Waals surface area (Å²) in [6.07, 6.45) is 3.19. The first-order chi connectivity index (χ1) is 19.4. The molecule has 4 aromatic rings. The zero-order valence-electron chi connectivity index (χ0n) is 23.2. The van der Waals surface area contributed by atoms with Gasteiger partial charge in [0, 0.05) is 22.9 Å². The van der Waals surface area contributed by atoms with Crippen molar-refractivity contribution in [2.24, 2.45) is 0 Å². The Hall–Kier alpha value is -4.41. The van der Waals surface area contributed by atoms with Gasteiger partial charge in [0.05, 0.1) is 40.2 Å². The minimum absolute atomic E-state index is 0.0694. The number of nitrogens with one attached hydrogen (secondary N) is 1. The number of carbonyl (C=O) groups is 2. The fourth-order valence-electron chi connectivity index (χ4n) is 4.51. The number of ether oxygens (including phenoxy) is 1. The Morgan fingerprint density at radius 2 is 1.56 bits per heavy atom. The molecule has 0 saturated carbocycles. The van der Waals surface area contributed by atoms with E-state index in [2.05, 4.69) is 14.7 Å². The van der Waals surface area contributed by atoms with E-state index in [9.17, 15) is 18.0 Å². The molecule has 2 amide bonds. The van der Waals surface area contributed by atoms with Crippen LogP contribution in [0.25, 0.3) is 11.3 Å². The number of fused-ring (bicyclic) bond motifs is 1. The normalized spacial score (nSPS) is 13.4. The summed E-state index contributed by atoms with van der Waals surface area (Å²) in [6, 6.07) is 19.0. The van der Waals surface area contributed by atoms with Crippen LogP contribution in [0.3, 0.4) is 0 Å². The zero-order valence-corrected chi connectivity index (χ0v) is 24.0. The molecule has 9 nitrogen and oxygen atoms in total. The van der Waals surface area contributed by atoms with Crippen molar-refractivity contribution in [3.05, 3.63) is 107 Å². The van der Waals surface area contributed by atoms with E-state index < -0.39 is 15.6 Å². The summed E-state index contributed by atoms with van der Waals surface area (Å²) >= 11 is 0. The molecule has 3 heterocycles. The summed E-state index contributed by atoms with van der Waals surface area (Å²) in [6.45, 7) is 7.57. The monoisotopic (exact) mass is 570 g/mol. The molecular formula is C31H30N4O5S. The van der Waals surface area contributed by atoms with E-state index in [1.165, 1.54) is 4.90 Å². The maximum atomic E-state index is 13.1. The van der Waals surface area contributed by atoms with Crippen LogP contribution >= 0.6 is 0 Å². The lowest BCUT2D eigenvalue weighted by Gasteiger charge is -2.21. The molecule has 5 rings (SSSR count). The fourth-order valence-corrected chi connectivity index (χ4v) is 6.12. The first-order valence-electron chi connectivity index (χ1n) is 13.0. The quantitative estimate of drug-likeness (QED) is 0.299. The molecule has 1 aliphatic rings. The third kappa shape index (κ3) is 6.18. The summed E-state index contributed by atoms with van der Waals surface area (Å²) in [5.41, 5.74) is 3.49. The van der Waals surface area contributed by atoms with Crippen LogP contribution < -0.4 is 9.46 Å². The molecule has 210 valence electrons. The maximum absolute atomic E-state index is 13.1. The second kappa shape index (κ2) is 10.9. The second-order valence-electron chi connectivity index (χ2n) is 10.9. The molecule has 1 N–H and O–H groups in total. The van der Waals surface area contributed by atoms with Gasteiger partial charge in [0.25, 0.3) is 11.8 Å². The van der Waals surface area contributed by atoms with Gasteiger partial charge < -0.3 is 4.74 Å². The SMILES string of the molecule is Cc1ccc(S(=O)(=O)NC(C)(C)C)c(-c2ccc(COc3ccc(CN4C(=O)c5ccccc5C4=O)nc3)cn2)c1. The predicted octanol–water partition coefficient (Wildman–Crippen LogP) is 4.90. The number of hydrogen-bond donors (Lipinski definition) is 1. The van der Waals surface area contributed by atoms with Gasteiger partial charge in [-0.3, -0.25) is 24.5 Å². The highest BCUT2D eigenvalue weighted by atomic mass is 32.2. The number of carbonyl (C=O) groups excluding carboxylic acids is 2. The Morgan fingerprint density at radius 3 is 2.15 bits per heavy atom. The molecule has 2 aromatic heterocycles. The van der Waals surface area contributed by atoms with Gasteiger partial charge in [-0.05, 0) is 70.2 Å². The lowest BCUT2D eigenvalue weighted by atomic mass is 10.1. The maximum Gasteiger partial charge on any atom is 0.261 e. The topological polar surface area (TPSA) is 119 Å². The minimum Gasteiger partial charge on any atom is -0.487 e. The number of imide groups is 1. The predicted molar refractivity (Wildman–Crippen MR) is 154 cm³/mol. The first kappa shape index (κ1) is 28.1. The van der Waals surface area contributed by atoms with Crippen molar-refractivity contribution in [3.63, 3.8) is 0 Å². The number of aryl methyl sites for hydroxylation is 1. The zero-order chi connectivity index (χ0) is 29.4. The highest BCUT2D eigenvalue weighted by Gasteiger charge is 2.35. The number of nitrogens with zero attached hydrogens (tertiary/aromatic N) is 3. The molecule has 0 unspecified atom stereocenters. The molecular weight excluding hydrogens is 540 g/mol. The largest absolute Gasteiger partial charge is 0.487 e. The van der Waals surface area contributed by atoms with Gasteiger partial charge in [-0.25, -0.2) is 13.1 Å². The highest BCUT2D eigenvalue weighted by molar-refractivity contribution is 7.89. The van der Waals surface area contributed by atoms with Crippen LogP contribution in [0.5, 0.6) is 5.75 Å².